The van der Waals surface area contributed by atoms with Crippen molar-refractivity contribution in [1.29, 1.82) is 0 Å². The van der Waals surface area contributed by atoms with Crippen molar-refractivity contribution in [3.05, 3.63) is 41.3 Å². The molecule has 2 heterocycles. The van der Waals surface area contributed by atoms with E-state index in [1.807, 2.05) is 23.6 Å². The lowest BCUT2D eigenvalue weighted by atomic mass is 10.0. The molecule has 0 radical (unpaired) electrons. The molecule has 0 saturated carbocycles. The number of anilines is 1. The van der Waals surface area contributed by atoms with Gasteiger partial charge >= 0.3 is 0 Å². The molecule has 4 nitrogen and oxygen atoms in total. The van der Waals surface area contributed by atoms with E-state index in [1.54, 1.807) is 18.4 Å². The highest BCUT2D eigenvalue weighted by molar-refractivity contribution is 7.16. The summed E-state index contributed by atoms with van der Waals surface area (Å²) < 4.78 is 6.00. The molecule has 0 fully saturated rings. The predicted octanol–water partition coefficient (Wildman–Crippen LogP) is 4.65. The largest absolute Gasteiger partial charge is 0.438 e. The first-order chi connectivity index (χ1) is 10.2. The number of fused-ring (bicyclic) bond motifs is 1. The number of nitrogens with one attached hydrogen (secondary N) is 1. The van der Waals surface area contributed by atoms with E-state index in [9.17, 15) is 0 Å². The van der Waals surface area contributed by atoms with Crippen LogP contribution in [0.1, 0.15) is 25.3 Å². The van der Waals surface area contributed by atoms with Crippen LogP contribution in [0.15, 0.2) is 35.7 Å². The fraction of sp³-hybridized carbons (Fsp3) is 0.250. The van der Waals surface area contributed by atoms with E-state index in [1.165, 1.54) is 5.56 Å². The molecule has 1 aromatic carbocycles. The summed E-state index contributed by atoms with van der Waals surface area (Å²) in [5.74, 6) is 2.42. The van der Waals surface area contributed by atoms with Crippen molar-refractivity contribution < 1.29 is 4.74 Å². The van der Waals surface area contributed by atoms with Crippen LogP contribution >= 0.6 is 11.3 Å². The van der Waals surface area contributed by atoms with Gasteiger partial charge in [-0.15, -0.1) is 11.3 Å². The number of hydrogen-bond donors (Lipinski definition) is 1. The van der Waals surface area contributed by atoms with Crippen molar-refractivity contribution in [2.24, 2.45) is 0 Å². The summed E-state index contributed by atoms with van der Waals surface area (Å²) >= 11 is 1.58. The summed E-state index contributed by atoms with van der Waals surface area (Å²) in [6.07, 6.45) is 0. The minimum Gasteiger partial charge on any atom is -0.438 e. The minimum atomic E-state index is 0.466. The Morgan fingerprint density at radius 2 is 2.05 bits per heavy atom. The molecule has 3 aromatic rings. The molecule has 3 rings (SSSR count). The number of thiophene rings is 1. The Morgan fingerprint density at radius 1 is 1.19 bits per heavy atom. The van der Waals surface area contributed by atoms with Gasteiger partial charge in [-0.2, -0.15) is 4.98 Å². The number of rotatable bonds is 4. The molecule has 0 aliphatic carbocycles. The van der Waals surface area contributed by atoms with Gasteiger partial charge in [0.05, 0.1) is 5.39 Å². The van der Waals surface area contributed by atoms with Gasteiger partial charge in [-0.05, 0) is 35.1 Å². The summed E-state index contributed by atoms with van der Waals surface area (Å²) in [6.45, 7) is 4.33. The van der Waals surface area contributed by atoms with Gasteiger partial charge in [0.15, 0.2) is 0 Å². The van der Waals surface area contributed by atoms with E-state index < -0.39 is 0 Å². The first-order valence-corrected chi connectivity index (χ1v) is 7.76. The Morgan fingerprint density at radius 3 is 2.81 bits per heavy atom. The normalized spacial score (nSPS) is 11.0. The zero-order valence-corrected chi connectivity index (χ0v) is 13.1. The highest BCUT2D eigenvalue weighted by Crippen LogP contribution is 2.32. The van der Waals surface area contributed by atoms with E-state index in [-0.39, 0.29) is 0 Å². The maximum Gasteiger partial charge on any atom is 0.232 e. The van der Waals surface area contributed by atoms with Crippen LogP contribution in [-0.4, -0.2) is 17.0 Å². The topological polar surface area (TPSA) is 47.0 Å². The van der Waals surface area contributed by atoms with Crippen LogP contribution in [0.3, 0.4) is 0 Å². The third-order valence-corrected chi connectivity index (χ3v) is 4.06. The molecular formula is C16H17N3OS. The van der Waals surface area contributed by atoms with Gasteiger partial charge < -0.3 is 10.1 Å². The maximum atomic E-state index is 6.00. The number of hydrogen-bond acceptors (Lipinski definition) is 5. The van der Waals surface area contributed by atoms with Crippen LogP contribution in [0.25, 0.3) is 10.2 Å². The van der Waals surface area contributed by atoms with E-state index in [4.69, 9.17) is 4.74 Å². The van der Waals surface area contributed by atoms with Gasteiger partial charge in [-0.1, -0.05) is 26.0 Å². The Hall–Kier alpha value is -2.14. The van der Waals surface area contributed by atoms with Crippen molar-refractivity contribution >= 4 is 27.5 Å². The van der Waals surface area contributed by atoms with Gasteiger partial charge in [0, 0.05) is 7.05 Å². The molecule has 0 atom stereocenters. The van der Waals surface area contributed by atoms with Crippen LogP contribution in [-0.2, 0) is 0 Å². The second-order valence-electron chi connectivity index (χ2n) is 5.07. The Kier molecular flexibility index (Phi) is 3.75. The van der Waals surface area contributed by atoms with Crippen LogP contribution in [0.4, 0.5) is 5.95 Å². The zero-order chi connectivity index (χ0) is 14.8. The summed E-state index contributed by atoms with van der Waals surface area (Å²) in [5.41, 5.74) is 1.25. The SMILES string of the molecule is CNc1nc(Oc2cccc(C(C)C)c2)c2ccsc2n1. The van der Waals surface area contributed by atoms with Crippen LogP contribution < -0.4 is 10.1 Å². The second kappa shape index (κ2) is 5.69. The Labute approximate surface area is 127 Å². The molecule has 0 aliphatic heterocycles. The molecule has 0 bridgehead atoms. The summed E-state index contributed by atoms with van der Waals surface area (Å²) in [4.78, 5) is 9.76. The van der Waals surface area contributed by atoms with Crippen LogP contribution in [0, 0.1) is 0 Å². The predicted molar refractivity (Wildman–Crippen MR) is 87.6 cm³/mol. The molecule has 21 heavy (non-hydrogen) atoms. The fourth-order valence-electron chi connectivity index (χ4n) is 2.07. The lowest BCUT2D eigenvalue weighted by Gasteiger charge is -2.10. The van der Waals surface area contributed by atoms with Gasteiger partial charge in [0.2, 0.25) is 11.8 Å². The molecule has 0 spiro atoms. The number of ether oxygens (including phenoxy) is 1. The van der Waals surface area contributed by atoms with E-state index in [0.717, 1.165) is 16.0 Å². The summed E-state index contributed by atoms with van der Waals surface area (Å²) in [7, 11) is 1.80. The van der Waals surface area contributed by atoms with E-state index >= 15 is 0 Å². The van der Waals surface area contributed by atoms with E-state index in [2.05, 4.69) is 41.3 Å². The monoisotopic (exact) mass is 299 g/mol. The number of aromatic nitrogens is 2. The maximum absolute atomic E-state index is 6.00. The fourth-order valence-corrected chi connectivity index (χ4v) is 2.82. The van der Waals surface area contributed by atoms with Crippen LogP contribution in [0.2, 0.25) is 0 Å². The highest BCUT2D eigenvalue weighted by atomic mass is 32.1. The zero-order valence-electron chi connectivity index (χ0n) is 12.3. The Balaban J connectivity index is 2.01. The first kappa shape index (κ1) is 13.8. The molecule has 0 amide bonds. The lowest BCUT2D eigenvalue weighted by molar-refractivity contribution is 0.468. The second-order valence-corrected chi connectivity index (χ2v) is 5.97. The van der Waals surface area contributed by atoms with Gasteiger partial charge in [-0.25, -0.2) is 4.98 Å². The molecule has 0 unspecified atom stereocenters. The molecule has 1 N–H and O–H groups in total. The van der Waals surface area contributed by atoms with Gasteiger partial charge in [0.1, 0.15) is 10.6 Å². The smallest absolute Gasteiger partial charge is 0.232 e. The molecule has 0 saturated heterocycles. The third kappa shape index (κ3) is 2.83. The molecule has 2 aromatic heterocycles. The lowest BCUT2D eigenvalue weighted by Crippen LogP contribution is -1.98. The van der Waals surface area contributed by atoms with Crippen molar-refractivity contribution in [2.75, 3.05) is 12.4 Å². The third-order valence-electron chi connectivity index (χ3n) is 3.25. The van der Waals surface area contributed by atoms with Crippen molar-refractivity contribution in [2.45, 2.75) is 19.8 Å². The summed E-state index contributed by atoms with van der Waals surface area (Å²) in [6, 6.07) is 10.1. The minimum absolute atomic E-state index is 0.466. The van der Waals surface area contributed by atoms with Gasteiger partial charge in [0.25, 0.3) is 0 Å². The van der Waals surface area contributed by atoms with Crippen molar-refractivity contribution in [3.8, 4) is 11.6 Å². The Bertz CT molecular complexity index is 767. The number of nitrogens with zero attached hydrogens (tertiary/aromatic N) is 2. The number of benzene rings is 1. The van der Waals surface area contributed by atoms with Crippen LogP contribution in [0.5, 0.6) is 11.6 Å². The average Bonchev–Trinajstić information content (AvgIpc) is 2.96. The van der Waals surface area contributed by atoms with E-state index in [0.29, 0.717) is 17.7 Å². The molecular weight excluding hydrogens is 282 g/mol. The average molecular weight is 299 g/mol. The molecule has 108 valence electrons. The highest BCUT2D eigenvalue weighted by Gasteiger charge is 2.11. The van der Waals surface area contributed by atoms with Crippen molar-refractivity contribution in [1.82, 2.24) is 9.97 Å². The first-order valence-electron chi connectivity index (χ1n) is 6.88. The molecule has 0 aliphatic rings. The van der Waals surface area contributed by atoms with Crippen molar-refractivity contribution in [3.63, 3.8) is 0 Å². The van der Waals surface area contributed by atoms with Gasteiger partial charge in [-0.3, -0.25) is 0 Å². The standard InChI is InChI=1S/C16H17N3OS/c1-10(2)11-5-4-6-12(9-11)20-14-13-7-8-21-15(13)19-16(17-3)18-14/h4-10H,1-3H3,(H,17,18,19). The quantitative estimate of drug-likeness (QED) is 0.762. The summed E-state index contributed by atoms with van der Waals surface area (Å²) in [5, 5.41) is 5.90. The molecule has 5 heteroatoms.